The molecule has 0 N–H and O–H groups in total. The highest BCUT2D eigenvalue weighted by molar-refractivity contribution is 7.99. The maximum atomic E-state index is 12.8. The number of aromatic nitrogens is 3. The van der Waals surface area contributed by atoms with Crippen molar-refractivity contribution in [2.45, 2.75) is 32.0 Å². The molecule has 0 aliphatic carbocycles. The second-order valence-corrected chi connectivity index (χ2v) is 7.90. The standard InChI is InChI=1S/C22H27N3O5S/c1-14-9-19(15(2)25(14)7-6-8-27-3)20(26)13-31-22-24-23-21(30-22)16-10-17(28-4)12-18(11-16)29-5/h9-12H,6-8,13H2,1-5H3. The smallest absolute Gasteiger partial charge is 0.277 e. The number of carbonyl (C=O) groups is 1. The van der Waals surface area contributed by atoms with E-state index in [9.17, 15) is 4.79 Å². The van der Waals surface area contributed by atoms with Crippen LogP contribution in [0.4, 0.5) is 0 Å². The topological polar surface area (TPSA) is 88.6 Å². The number of rotatable bonds is 11. The molecule has 2 aromatic heterocycles. The van der Waals surface area contributed by atoms with Gasteiger partial charge in [-0.25, -0.2) is 0 Å². The highest BCUT2D eigenvalue weighted by atomic mass is 32.2. The first-order valence-electron chi connectivity index (χ1n) is 9.85. The van der Waals surface area contributed by atoms with Gasteiger partial charge < -0.3 is 23.2 Å². The SMILES string of the molecule is COCCCn1c(C)cc(C(=O)CSc2nnc(-c3cc(OC)cc(OC)c3)o2)c1C. The van der Waals surface area contributed by atoms with Crippen LogP contribution in [-0.4, -0.2) is 54.2 Å². The first kappa shape index (κ1) is 22.9. The molecule has 0 bridgehead atoms. The normalized spacial score (nSPS) is 11.0. The molecule has 0 spiro atoms. The van der Waals surface area contributed by atoms with Crippen molar-refractivity contribution >= 4 is 17.5 Å². The van der Waals surface area contributed by atoms with E-state index in [0.717, 1.165) is 29.9 Å². The Morgan fingerprint density at radius 1 is 1.06 bits per heavy atom. The summed E-state index contributed by atoms with van der Waals surface area (Å²) in [5.41, 5.74) is 3.43. The van der Waals surface area contributed by atoms with E-state index in [0.29, 0.717) is 34.8 Å². The number of ether oxygens (including phenoxy) is 3. The van der Waals surface area contributed by atoms with Crippen LogP contribution in [0.15, 0.2) is 33.9 Å². The Morgan fingerprint density at radius 3 is 2.42 bits per heavy atom. The summed E-state index contributed by atoms with van der Waals surface area (Å²) < 4.78 is 23.6. The number of aryl methyl sites for hydroxylation is 1. The zero-order valence-electron chi connectivity index (χ0n) is 18.4. The molecule has 9 heteroatoms. The molecular formula is C22H27N3O5S. The van der Waals surface area contributed by atoms with Crippen LogP contribution in [0.25, 0.3) is 11.5 Å². The van der Waals surface area contributed by atoms with E-state index >= 15 is 0 Å². The molecule has 8 nitrogen and oxygen atoms in total. The van der Waals surface area contributed by atoms with Crippen LogP contribution in [0.3, 0.4) is 0 Å². The van der Waals surface area contributed by atoms with Gasteiger partial charge in [-0.3, -0.25) is 4.79 Å². The van der Waals surface area contributed by atoms with Crippen molar-refractivity contribution < 1.29 is 23.4 Å². The molecule has 0 unspecified atom stereocenters. The third kappa shape index (κ3) is 5.48. The second kappa shape index (κ2) is 10.5. The van der Waals surface area contributed by atoms with Crippen LogP contribution >= 0.6 is 11.8 Å². The quantitative estimate of drug-likeness (QED) is 0.247. The molecule has 0 amide bonds. The number of methoxy groups -OCH3 is 3. The molecule has 0 atom stereocenters. The molecular weight excluding hydrogens is 418 g/mol. The minimum Gasteiger partial charge on any atom is -0.497 e. The van der Waals surface area contributed by atoms with Crippen LogP contribution in [0.2, 0.25) is 0 Å². The van der Waals surface area contributed by atoms with Crippen molar-refractivity contribution in [1.29, 1.82) is 0 Å². The van der Waals surface area contributed by atoms with Gasteiger partial charge in [0.2, 0.25) is 5.89 Å². The highest BCUT2D eigenvalue weighted by Crippen LogP contribution is 2.30. The molecule has 2 heterocycles. The van der Waals surface area contributed by atoms with Crippen LogP contribution in [0.5, 0.6) is 11.5 Å². The summed E-state index contributed by atoms with van der Waals surface area (Å²) in [7, 11) is 4.84. The van der Waals surface area contributed by atoms with Crippen molar-refractivity contribution in [3.8, 4) is 23.0 Å². The fraction of sp³-hybridized carbons (Fsp3) is 0.409. The highest BCUT2D eigenvalue weighted by Gasteiger charge is 2.18. The Bertz CT molecular complexity index is 1020. The molecule has 0 aliphatic rings. The van der Waals surface area contributed by atoms with Crippen molar-refractivity contribution in [2.24, 2.45) is 0 Å². The molecule has 0 fully saturated rings. The molecule has 0 saturated carbocycles. The van der Waals surface area contributed by atoms with Gasteiger partial charge in [0.1, 0.15) is 11.5 Å². The predicted octanol–water partition coefficient (Wildman–Crippen LogP) is 4.18. The molecule has 0 aliphatic heterocycles. The Kier molecular flexibility index (Phi) is 7.75. The molecule has 3 aromatic rings. The Labute approximate surface area is 185 Å². The lowest BCUT2D eigenvalue weighted by Crippen LogP contribution is -2.08. The summed E-state index contributed by atoms with van der Waals surface area (Å²) in [6, 6.07) is 7.27. The van der Waals surface area contributed by atoms with Crippen LogP contribution in [-0.2, 0) is 11.3 Å². The summed E-state index contributed by atoms with van der Waals surface area (Å²) in [6.07, 6.45) is 0.898. The molecule has 3 rings (SSSR count). The van der Waals surface area contributed by atoms with Gasteiger partial charge in [0.25, 0.3) is 5.22 Å². The van der Waals surface area contributed by atoms with Gasteiger partial charge in [-0.05, 0) is 38.5 Å². The summed E-state index contributed by atoms with van der Waals surface area (Å²) in [6.45, 7) is 5.49. The third-order valence-corrected chi connectivity index (χ3v) is 5.75. The zero-order chi connectivity index (χ0) is 22.4. The summed E-state index contributed by atoms with van der Waals surface area (Å²) in [4.78, 5) is 12.8. The molecule has 166 valence electrons. The number of benzene rings is 1. The lowest BCUT2D eigenvalue weighted by molar-refractivity contribution is 0.102. The van der Waals surface area contributed by atoms with Gasteiger partial charge in [-0.1, -0.05) is 11.8 Å². The van der Waals surface area contributed by atoms with E-state index in [1.165, 1.54) is 11.8 Å². The average molecular weight is 446 g/mol. The summed E-state index contributed by atoms with van der Waals surface area (Å²) >= 11 is 1.22. The van der Waals surface area contributed by atoms with Gasteiger partial charge >= 0.3 is 0 Å². The van der Waals surface area contributed by atoms with Gasteiger partial charge in [-0.15, -0.1) is 10.2 Å². The van der Waals surface area contributed by atoms with E-state index < -0.39 is 0 Å². The monoisotopic (exact) mass is 445 g/mol. The molecule has 31 heavy (non-hydrogen) atoms. The van der Waals surface area contributed by atoms with Crippen molar-refractivity contribution in [1.82, 2.24) is 14.8 Å². The fourth-order valence-electron chi connectivity index (χ4n) is 3.32. The van der Waals surface area contributed by atoms with E-state index in [1.807, 2.05) is 19.9 Å². The average Bonchev–Trinajstić information content (AvgIpc) is 3.37. The summed E-state index contributed by atoms with van der Waals surface area (Å²) in [5, 5.41) is 8.48. The number of hydrogen-bond donors (Lipinski definition) is 0. The largest absolute Gasteiger partial charge is 0.497 e. The number of nitrogens with zero attached hydrogens (tertiary/aromatic N) is 3. The van der Waals surface area contributed by atoms with Crippen molar-refractivity contribution in [3.05, 3.63) is 41.2 Å². The lowest BCUT2D eigenvalue weighted by Gasteiger charge is -2.09. The van der Waals surface area contributed by atoms with Crippen molar-refractivity contribution in [3.63, 3.8) is 0 Å². The predicted molar refractivity (Wildman–Crippen MR) is 118 cm³/mol. The first-order valence-corrected chi connectivity index (χ1v) is 10.8. The van der Waals surface area contributed by atoms with E-state index in [-0.39, 0.29) is 11.5 Å². The van der Waals surface area contributed by atoms with Gasteiger partial charge in [0.15, 0.2) is 5.78 Å². The molecule has 0 saturated heterocycles. The van der Waals surface area contributed by atoms with Gasteiger partial charge in [0, 0.05) is 48.8 Å². The van der Waals surface area contributed by atoms with E-state index in [2.05, 4.69) is 14.8 Å². The molecule has 0 radical (unpaired) electrons. The number of hydrogen-bond acceptors (Lipinski definition) is 8. The zero-order valence-corrected chi connectivity index (χ0v) is 19.2. The minimum absolute atomic E-state index is 0.0268. The summed E-state index contributed by atoms with van der Waals surface area (Å²) in [5.74, 6) is 1.82. The number of Topliss-reactive ketones (excluding diaryl/α,β-unsaturated/α-hetero) is 1. The third-order valence-electron chi connectivity index (χ3n) is 4.94. The maximum absolute atomic E-state index is 12.8. The van der Waals surface area contributed by atoms with Crippen LogP contribution < -0.4 is 9.47 Å². The minimum atomic E-state index is 0.0268. The van der Waals surface area contributed by atoms with Crippen LogP contribution in [0, 0.1) is 13.8 Å². The second-order valence-electron chi connectivity index (χ2n) is 6.97. The van der Waals surface area contributed by atoms with Crippen molar-refractivity contribution in [2.75, 3.05) is 33.7 Å². The van der Waals surface area contributed by atoms with Gasteiger partial charge in [0.05, 0.1) is 20.0 Å². The fourth-order valence-corrected chi connectivity index (χ4v) is 3.96. The lowest BCUT2D eigenvalue weighted by atomic mass is 10.2. The Balaban J connectivity index is 1.67. The maximum Gasteiger partial charge on any atom is 0.277 e. The Hall–Kier alpha value is -2.78. The Morgan fingerprint density at radius 2 is 1.77 bits per heavy atom. The number of carbonyl (C=O) groups excluding carboxylic acids is 1. The van der Waals surface area contributed by atoms with Gasteiger partial charge in [-0.2, -0.15) is 0 Å². The van der Waals surface area contributed by atoms with E-state index in [4.69, 9.17) is 18.6 Å². The first-order chi connectivity index (χ1) is 15.0. The number of thioether (sulfide) groups is 1. The number of ketones is 1. The molecule has 1 aromatic carbocycles. The van der Waals surface area contributed by atoms with E-state index in [1.54, 1.807) is 39.5 Å². The van der Waals surface area contributed by atoms with Crippen LogP contribution in [0.1, 0.15) is 28.2 Å².